The molecule has 2 atom stereocenters. The Labute approximate surface area is 126 Å². The van der Waals surface area contributed by atoms with Gasteiger partial charge >= 0.3 is 6.36 Å². The highest BCUT2D eigenvalue weighted by atomic mass is 32.2. The third kappa shape index (κ3) is 4.34. The van der Waals surface area contributed by atoms with E-state index in [4.69, 9.17) is 0 Å². The number of hydrogen-bond donors (Lipinski definition) is 2. The van der Waals surface area contributed by atoms with Crippen molar-refractivity contribution in [1.82, 2.24) is 10.0 Å². The van der Waals surface area contributed by atoms with Gasteiger partial charge in [-0.3, -0.25) is 0 Å². The molecule has 1 saturated heterocycles. The first-order valence-corrected chi connectivity index (χ1v) is 8.25. The first-order valence-electron chi connectivity index (χ1n) is 6.77. The van der Waals surface area contributed by atoms with Crippen LogP contribution in [-0.2, 0) is 10.0 Å². The van der Waals surface area contributed by atoms with Crippen LogP contribution in [0.1, 0.15) is 13.3 Å². The van der Waals surface area contributed by atoms with E-state index in [0.29, 0.717) is 6.54 Å². The van der Waals surface area contributed by atoms with Gasteiger partial charge in [0.1, 0.15) is 10.6 Å². The molecule has 124 valence electrons. The van der Waals surface area contributed by atoms with Crippen LogP contribution in [0.4, 0.5) is 13.2 Å². The number of para-hydroxylation sites is 1. The molecule has 0 spiro atoms. The van der Waals surface area contributed by atoms with Gasteiger partial charge in [-0.05, 0) is 31.0 Å². The van der Waals surface area contributed by atoms with Crippen molar-refractivity contribution in [2.75, 3.05) is 13.1 Å². The monoisotopic (exact) mass is 338 g/mol. The molecule has 1 aliphatic rings. The van der Waals surface area contributed by atoms with Crippen LogP contribution >= 0.6 is 0 Å². The van der Waals surface area contributed by atoms with Crippen molar-refractivity contribution in [3.8, 4) is 5.75 Å². The summed E-state index contributed by atoms with van der Waals surface area (Å²) in [5.41, 5.74) is 0. The highest BCUT2D eigenvalue weighted by Crippen LogP contribution is 2.29. The molecule has 1 aliphatic heterocycles. The number of sulfonamides is 1. The van der Waals surface area contributed by atoms with Gasteiger partial charge in [0.05, 0.1) is 0 Å². The third-order valence-corrected chi connectivity index (χ3v) is 5.03. The molecule has 1 fully saturated rings. The largest absolute Gasteiger partial charge is 0.573 e. The molecule has 0 amide bonds. The minimum Gasteiger partial charge on any atom is -0.404 e. The maximum Gasteiger partial charge on any atom is 0.573 e. The third-order valence-electron chi connectivity index (χ3n) is 3.50. The van der Waals surface area contributed by atoms with Gasteiger partial charge in [-0.2, -0.15) is 0 Å². The molecule has 22 heavy (non-hydrogen) atoms. The first kappa shape index (κ1) is 17.0. The Hall–Kier alpha value is -1.32. The maximum atomic E-state index is 12.4. The Morgan fingerprint density at radius 1 is 1.32 bits per heavy atom. The van der Waals surface area contributed by atoms with Crippen LogP contribution in [-0.4, -0.2) is 33.9 Å². The molecule has 2 N–H and O–H groups in total. The van der Waals surface area contributed by atoms with Gasteiger partial charge in [0.25, 0.3) is 0 Å². The van der Waals surface area contributed by atoms with E-state index in [9.17, 15) is 21.6 Å². The fraction of sp³-hybridized carbons (Fsp3) is 0.538. The lowest BCUT2D eigenvalue weighted by Crippen LogP contribution is -2.50. The molecule has 1 aromatic carbocycles. The average Bonchev–Trinajstić information content (AvgIpc) is 2.40. The summed E-state index contributed by atoms with van der Waals surface area (Å²) in [6.45, 7) is 3.11. The topological polar surface area (TPSA) is 67.4 Å². The molecular weight excluding hydrogens is 321 g/mol. The highest BCUT2D eigenvalue weighted by Gasteiger charge is 2.35. The van der Waals surface area contributed by atoms with Gasteiger partial charge in [-0.25, -0.2) is 13.1 Å². The lowest BCUT2D eigenvalue weighted by Gasteiger charge is -2.30. The molecule has 9 heteroatoms. The van der Waals surface area contributed by atoms with Crippen molar-refractivity contribution in [2.45, 2.75) is 30.6 Å². The molecule has 0 bridgehead atoms. The lowest BCUT2D eigenvalue weighted by molar-refractivity contribution is -0.275. The maximum absolute atomic E-state index is 12.4. The van der Waals surface area contributed by atoms with Crippen LogP contribution in [0.3, 0.4) is 0 Å². The van der Waals surface area contributed by atoms with Crippen molar-refractivity contribution in [1.29, 1.82) is 0 Å². The van der Waals surface area contributed by atoms with E-state index in [1.165, 1.54) is 12.1 Å². The molecule has 0 aliphatic carbocycles. The van der Waals surface area contributed by atoms with E-state index >= 15 is 0 Å². The molecule has 0 saturated carbocycles. The minimum atomic E-state index is -4.95. The normalized spacial score (nSPS) is 23.3. The summed E-state index contributed by atoms with van der Waals surface area (Å²) in [5.74, 6) is -0.648. The number of piperidine rings is 1. The van der Waals surface area contributed by atoms with Gasteiger partial charge in [0.2, 0.25) is 10.0 Å². The molecule has 0 radical (unpaired) electrons. The minimum absolute atomic E-state index is 0.0896. The second-order valence-electron chi connectivity index (χ2n) is 5.19. The van der Waals surface area contributed by atoms with Gasteiger partial charge in [-0.1, -0.05) is 19.1 Å². The Morgan fingerprint density at radius 3 is 2.64 bits per heavy atom. The Bertz CT molecular complexity index is 619. The van der Waals surface area contributed by atoms with Crippen LogP contribution in [0.2, 0.25) is 0 Å². The number of alkyl halides is 3. The summed E-state index contributed by atoms with van der Waals surface area (Å²) in [4.78, 5) is -0.523. The van der Waals surface area contributed by atoms with E-state index in [2.05, 4.69) is 14.8 Å². The standard InChI is InChI=1S/C13H17F3N2O3S/c1-9-6-7-17-8-10(9)18-22(19,20)12-5-3-2-4-11(12)21-13(14,15)16/h2-5,9-10,17-18H,6-8H2,1H3. The Balaban J connectivity index is 2.25. The summed E-state index contributed by atoms with van der Waals surface area (Å²) in [6.07, 6.45) is -4.17. The van der Waals surface area contributed by atoms with E-state index in [0.717, 1.165) is 25.1 Å². The highest BCUT2D eigenvalue weighted by molar-refractivity contribution is 7.89. The number of nitrogens with one attached hydrogen (secondary N) is 2. The number of hydrogen-bond acceptors (Lipinski definition) is 4. The molecule has 1 aromatic rings. The number of ether oxygens (including phenoxy) is 1. The van der Waals surface area contributed by atoms with E-state index in [-0.39, 0.29) is 12.0 Å². The number of rotatable bonds is 4. The van der Waals surface area contributed by atoms with E-state index in [1.54, 1.807) is 0 Å². The molecule has 1 heterocycles. The zero-order valence-electron chi connectivity index (χ0n) is 11.9. The first-order chi connectivity index (χ1) is 10.2. The number of benzene rings is 1. The predicted molar refractivity (Wildman–Crippen MR) is 73.9 cm³/mol. The quantitative estimate of drug-likeness (QED) is 0.879. The summed E-state index contributed by atoms with van der Waals surface area (Å²) >= 11 is 0. The molecule has 0 aromatic heterocycles. The van der Waals surface area contributed by atoms with Crippen molar-refractivity contribution in [3.63, 3.8) is 0 Å². The van der Waals surface area contributed by atoms with Crippen LogP contribution in [0.5, 0.6) is 5.75 Å². The fourth-order valence-electron chi connectivity index (χ4n) is 2.29. The van der Waals surface area contributed by atoms with Crippen molar-refractivity contribution < 1.29 is 26.3 Å². The molecule has 5 nitrogen and oxygen atoms in total. The van der Waals surface area contributed by atoms with E-state index in [1.807, 2.05) is 6.92 Å². The number of halogens is 3. The Kier molecular flexibility index (Phi) is 4.98. The zero-order valence-corrected chi connectivity index (χ0v) is 12.7. The average molecular weight is 338 g/mol. The van der Waals surface area contributed by atoms with E-state index < -0.39 is 27.0 Å². The summed E-state index contributed by atoms with van der Waals surface area (Å²) in [7, 11) is -4.11. The van der Waals surface area contributed by atoms with Crippen LogP contribution in [0.15, 0.2) is 29.2 Å². The summed E-state index contributed by atoms with van der Waals surface area (Å²) in [5, 5.41) is 3.05. The zero-order chi connectivity index (χ0) is 16.4. The van der Waals surface area contributed by atoms with Crippen molar-refractivity contribution in [2.24, 2.45) is 5.92 Å². The van der Waals surface area contributed by atoms with Gasteiger partial charge in [0, 0.05) is 12.6 Å². The summed E-state index contributed by atoms with van der Waals surface area (Å²) in [6, 6.07) is 4.32. The smallest absolute Gasteiger partial charge is 0.404 e. The molecular formula is C13H17F3N2O3S. The van der Waals surface area contributed by atoms with Crippen LogP contribution in [0.25, 0.3) is 0 Å². The second-order valence-corrected chi connectivity index (χ2v) is 6.87. The van der Waals surface area contributed by atoms with Crippen LogP contribution < -0.4 is 14.8 Å². The molecule has 2 unspecified atom stereocenters. The van der Waals surface area contributed by atoms with Gasteiger partial charge in [0.15, 0.2) is 0 Å². The second kappa shape index (κ2) is 6.43. The Morgan fingerprint density at radius 2 is 2.00 bits per heavy atom. The van der Waals surface area contributed by atoms with Gasteiger partial charge in [-0.15, -0.1) is 13.2 Å². The van der Waals surface area contributed by atoms with Gasteiger partial charge < -0.3 is 10.1 Å². The van der Waals surface area contributed by atoms with Crippen LogP contribution in [0, 0.1) is 5.92 Å². The SMILES string of the molecule is CC1CCNCC1NS(=O)(=O)c1ccccc1OC(F)(F)F. The van der Waals surface area contributed by atoms with Crippen molar-refractivity contribution >= 4 is 10.0 Å². The van der Waals surface area contributed by atoms with Crippen molar-refractivity contribution in [3.05, 3.63) is 24.3 Å². The molecule has 2 rings (SSSR count). The fourth-order valence-corrected chi connectivity index (χ4v) is 3.76. The summed E-state index contributed by atoms with van der Waals surface area (Å²) < 4.78 is 68.1. The predicted octanol–water partition coefficient (Wildman–Crippen LogP) is 1.86. The lowest BCUT2D eigenvalue weighted by atomic mass is 9.96.